The second-order valence-corrected chi connectivity index (χ2v) is 4.14. The highest BCUT2D eigenvalue weighted by Crippen LogP contribution is 2.22. The summed E-state index contributed by atoms with van der Waals surface area (Å²) < 4.78 is 5.77. The van der Waals surface area contributed by atoms with Crippen molar-refractivity contribution in [2.24, 2.45) is 0 Å². The first-order valence-corrected chi connectivity index (χ1v) is 5.75. The van der Waals surface area contributed by atoms with E-state index in [1.165, 1.54) is 25.5 Å². The molecule has 0 saturated heterocycles. The van der Waals surface area contributed by atoms with Crippen LogP contribution in [0.15, 0.2) is 18.3 Å². The van der Waals surface area contributed by atoms with Gasteiger partial charge in [0.25, 0.3) is 0 Å². The minimum Gasteiger partial charge on any atom is -0.489 e. The Kier molecular flexibility index (Phi) is 3.80. The molecule has 1 aliphatic rings. The lowest BCUT2D eigenvalue weighted by molar-refractivity contribution is 0.155. The fourth-order valence-electron chi connectivity index (χ4n) is 2.06. The number of aromatic nitrogens is 1. The van der Waals surface area contributed by atoms with E-state index in [-0.39, 0.29) is 11.7 Å². The van der Waals surface area contributed by atoms with E-state index in [4.69, 9.17) is 14.8 Å². The van der Waals surface area contributed by atoms with Crippen molar-refractivity contribution >= 4 is 12.7 Å². The predicted molar refractivity (Wildman–Crippen MR) is 61.6 cm³/mol. The standard InChI is InChI=1S/C11H16BNO3/c14-12(15)11-10(7-4-8-13-11)16-9-5-2-1-3-6-9/h4,7-9,14-15H,1-3,5-6H2. The topological polar surface area (TPSA) is 62.6 Å². The van der Waals surface area contributed by atoms with Crippen molar-refractivity contribution in [3.05, 3.63) is 18.3 Å². The van der Waals surface area contributed by atoms with E-state index in [1.807, 2.05) is 0 Å². The Morgan fingerprint density at radius 2 is 2.00 bits per heavy atom. The predicted octanol–water partition coefficient (Wildman–Crippen LogP) is 0.473. The Labute approximate surface area is 95.4 Å². The van der Waals surface area contributed by atoms with E-state index in [2.05, 4.69) is 4.98 Å². The molecule has 16 heavy (non-hydrogen) atoms. The molecule has 1 aliphatic carbocycles. The molecule has 4 nitrogen and oxygen atoms in total. The summed E-state index contributed by atoms with van der Waals surface area (Å²) in [5.74, 6) is 0.490. The molecular formula is C11H16BNO3. The quantitative estimate of drug-likeness (QED) is 0.728. The van der Waals surface area contributed by atoms with Gasteiger partial charge in [0.2, 0.25) is 0 Å². The summed E-state index contributed by atoms with van der Waals surface area (Å²) in [4.78, 5) is 3.92. The summed E-state index contributed by atoms with van der Waals surface area (Å²) in [5.41, 5.74) is 0.202. The minimum atomic E-state index is -1.57. The van der Waals surface area contributed by atoms with Gasteiger partial charge >= 0.3 is 7.12 Å². The summed E-state index contributed by atoms with van der Waals surface area (Å²) in [6.07, 6.45) is 7.43. The van der Waals surface area contributed by atoms with Gasteiger partial charge < -0.3 is 14.8 Å². The van der Waals surface area contributed by atoms with Gasteiger partial charge in [0.15, 0.2) is 0 Å². The van der Waals surface area contributed by atoms with E-state index < -0.39 is 7.12 Å². The number of rotatable bonds is 3. The summed E-state index contributed by atoms with van der Waals surface area (Å²) in [7, 11) is -1.57. The smallest absolute Gasteiger partial charge is 0.489 e. The maximum absolute atomic E-state index is 9.15. The highest BCUT2D eigenvalue weighted by atomic mass is 16.5. The molecule has 2 N–H and O–H groups in total. The van der Waals surface area contributed by atoms with Crippen molar-refractivity contribution in [3.63, 3.8) is 0 Å². The Bertz CT molecular complexity index is 340. The van der Waals surface area contributed by atoms with Crippen LogP contribution in [0.1, 0.15) is 32.1 Å². The average Bonchev–Trinajstić information content (AvgIpc) is 2.31. The van der Waals surface area contributed by atoms with E-state index >= 15 is 0 Å². The number of ether oxygens (including phenoxy) is 1. The van der Waals surface area contributed by atoms with Crippen molar-refractivity contribution in [1.82, 2.24) is 4.98 Å². The highest BCUT2D eigenvalue weighted by Gasteiger charge is 2.22. The fraction of sp³-hybridized carbons (Fsp3) is 0.545. The van der Waals surface area contributed by atoms with Gasteiger partial charge in [-0.2, -0.15) is 0 Å². The second-order valence-electron chi connectivity index (χ2n) is 4.14. The first-order valence-electron chi connectivity index (χ1n) is 5.75. The third kappa shape index (κ3) is 2.74. The van der Waals surface area contributed by atoms with E-state index in [0.29, 0.717) is 5.75 Å². The molecule has 1 heterocycles. The normalized spacial score (nSPS) is 17.1. The maximum Gasteiger partial charge on any atom is 0.512 e. The van der Waals surface area contributed by atoms with Gasteiger partial charge in [-0.25, -0.2) is 0 Å². The van der Waals surface area contributed by atoms with Crippen LogP contribution >= 0.6 is 0 Å². The zero-order chi connectivity index (χ0) is 11.4. The van der Waals surface area contributed by atoms with Crippen LogP contribution < -0.4 is 10.3 Å². The molecular weight excluding hydrogens is 205 g/mol. The van der Waals surface area contributed by atoms with Gasteiger partial charge in [0, 0.05) is 6.20 Å². The molecule has 1 aromatic rings. The van der Waals surface area contributed by atoms with Gasteiger partial charge in [-0.3, -0.25) is 4.98 Å². The van der Waals surface area contributed by atoms with Crippen molar-refractivity contribution in [3.8, 4) is 5.75 Å². The zero-order valence-corrected chi connectivity index (χ0v) is 9.17. The minimum absolute atomic E-state index is 0.190. The highest BCUT2D eigenvalue weighted by molar-refractivity contribution is 6.58. The molecule has 0 aromatic carbocycles. The van der Waals surface area contributed by atoms with Crippen molar-refractivity contribution < 1.29 is 14.8 Å². The average molecular weight is 221 g/mol. The molecule has 2 rings (SSSR count). The van der Waals surface area contributed by atoms with Crippen LogP contribution in [0.5, 0.6) is 5.75 Å². The molecule has 1 aromatic heterocycles. The third-order valence-electron chi connectivity index (χ3n) is 2.89. The molecule has 5 heteroatoms. The molecule has 1 saturated carbocycles. The Morgan fingerprint density at radius 1 is 1.25 bits per heavy atom. The van der Waals surface area contributed by atoms with Crippen molar-refractivity contribution in [2.45, 2.75) is 38.2 Å². The van der Waals surface area contributed by atoms with E-state index in [1.54, 1.807) is 12.1 Å². The van der Waals surface area contributed by atoms with Gasteiger partial charge in [0.1, 0.15) is 11.3 Å². The first kappa shape index (κ1) is 11.4. The number of hydrogen-bond donors (Lipinski definition) is 2. The van der Waals surface area contributed by atoms with Crippen LogP contribution in [0.25, 0.3) is 0 Å². The van der Waals surface area contributed by atoms with Crippen molar-refractivity contribution in [2.75, 3.05) is 0 Å². The molecule has 0 aliphatic heterocycles. The molecule has 0 spiro atoms. The number of pyridine rings is 1. The maximum atomic E-state index is 9.15. The monoisotopic (exact) mass is 221 g/mol. The van der Waals surface area contributed by atoms with Crippen LogP contribution in [0.3, 0.4) is 0 Å². The lowest BCUT2D eigenvalue weighted by Gasteiger charge is -2.23. The van der Waals surface area contributed by atoms with Crippen LogP contribution in [-0.4, -0.2) is 28.3 Å². The SMILES string of the molecule is OB(O)c1ncccc1OC1CCCCC1. The number of nitrogens with zero attached hydrogens (tertiary/aromatic N) is 1. The van der Waals surface area contributed by atoms with Crippen molar-refractivity contribution in [1.29, 1.82) is 0 Å². The molecule has 0 unspecified atom stereocenters. The van der Waals surface area contributed by atoms with Crippen LogP contribution in [0.2, 0.25) is 0 Å². The largest absolute Gasteiger partial charge is 0.512 e. The van der Waals surface area contributed by atoms with Crippen LogP contribution in [-0.2, 0) is 0 Å². The summed E-state index contributed by atoms with van der Waals surface area (Å²) in [5, 5.41) is 18.3. The van der Waals surface area contributed by atoms with Crippen LogP contribution in [0.4, 0.5) is 0 Å². The second kappa shape index (κ2) is 5.32. The van der Waals surface area contributed by atoms with E-state index in [0.717, 1.165) is 12.8 Å². The molecule has 1 fully saturated rings. The molecule has 86 valence electrons. The fourth-order valence-corrected chi connectivity index (χ4v) is 2.06. The lowest BCUT2D eigenvalue weighted by atomic mass is 9.85. The lowest BCUT2D eigenvalue weighted by Crippen LogP contribution is -2.35. The Morgan fingerprint density at radius 3 is 2.69 bits per heavy atom. The summed E-state index contributed by atoms with van der Waals surface area (Å²) >= 11 is 0. The number of hydrogen-bond acceptors (Lipinski definition) is 4. The third-order valence-corrected chi connectivity index (χ3v) is 2.89. The first-order chi connectivity index (χ1) is 7.77. The van der Waals surface area contributed by atoms with Gasteiger partial charge in [-0.15, -0.1) is 0 Å². The molecule has 0 amide bonds. The summed E-state index contributed by atoms with van der Waals surface area (Å²) in [6, 6.07) is 3.47. The summed E-state index contributed by atoms with van der Waals surface area (Å²) in [6.45, 7) is 0. The molecule has 0 radical (unpaired) electrons. The van der Waals surface area contributed by atoms with Crippen LogP contribution in [0, 0.1) is 0 Å². The molecule has 0 bridgehead atoms. The Hall–Kier alpha value is -1.07. The Balaban J connectivity index is 2.07. The van der Waals surface area contributed by atoms with Gasteiger partial charge in [0.05, 0.1) is 6.10 Å². The zero-order valence-electron chi connectivity index (χ0n) is 9.17. The van der Waals surface area contributed by atoms with E-state index in [9.17, 15) is 0 Å². The van der Waals surface area contributed by atoms with Gasteiger partial charge in [-0.1, -0.05) is 6.42 Å². The molecule has 0 atom stereocenters. The van der Waals surface area contributed by atoms with Gasteiger partial charge in [-0.05, 0) is 37.8 Å².